The molecular weight excluding hydrogens is 216 g/mol. The number of aliphatic hydroxyl groups is 1. The van der Waals surface area contributed by atoms with E-state index in [0.717, 1.165) is 36.8 Å². The minimum absolute atomic E-state index is 0.515. The van der Waals surface area contributed by atoms with E-state index in [1.54, 1.807) is 0 Å². The third-order valence-electron chi connectivity index (χ3n) is 4.00. The van der Waals surface area contributed by atoms with Crippen LogP contribution in [0.4, 0.5) is 0 Å². The summed E-state index contributed by atoms with van der Waals surface area (Å²) in [7, 11) is 0. The molecule has 0 spiro atoms. The molecular formula is C14H16O3. The van der Waals surface area contributed by atoms with Crippen molar-refractivity contribution in [3.05, 3.63) is 35.4 Å². The lowest BCUT2D eigenvalue weighted by atomic mass is 9.93. The van der Waals surface area contributed by atoms with Gasteiger partial charge in [0.15, 0.2) is 0 Å². The molecule has 1 aromatic rings. The molecule has 0 heterocycles. The number of rotatable bonds is 4. The summed E-state index contributed by atoms with van der Waals surface area (Å²) in [5.41, 5.74) is 0.794. The zero-order valence-corrected chi connectivity index (χ0v) is 9.65. The summed E-state index contributed by atoms with van der Waals surface area (Å²) in [5, 5.41) is 19.1. The summed E-state index contributed by atoms with van der Waals surface area (Å²) in [6.07, 6.45) is 3.84. The second kappa shape index (κ2) is 3.33. The van der Waals surface area contributed by atoms with Crippen molar-refractivity contribution in [2.45, 2.75) is 43.1 Å². The number of aliphatic carboxylic acids is 1. The van der Waals surface area contributed by atoms with E-state index in [2.05, 4.69) is 0 Å². The minimum Gasteiger partial charge on any atom is -0.481 e. The average molecular weight is 232 g/mol. The Bertz CT molecular complexity index is 470. The summed E-state index contributed by atoms with van der Waals surface area (Å²) in [5.74, 6) is -0.722. The van der Waals surface area contributed by atoms with Gasteiger partial charge in [0, 0.05) is 6.42 Å². The van der Waals surface area contributed by atoms with Gasteiger partial charge in [0.1, 0.15) is 0 Å². The van der Waals surface area contributed by atoms with Crippen LogP contribution in [-0.4, -0.2) is 21.8 Å². The van der Waals surface area contributed by atoms with Crippen molar-refractivity contribution in [1.29, 1.82) is 0 Å². The first-order chi connectivity index (χ1) is 8.04. The molecule has 2 aliphatic rings. The van der Waals surface area contributed by atoms with Crippen LogP contribution >= 0.6 is 0 Å². The van der Waals surface area contributed by atoms with Crippen LogP contribution in [0, 0.1) is 0 Å². The first-order valence-electron chi connectivity index (χ1n) is 6.09. The Morgan fingerprint density at radius 2 is 1.94 bits per heavy atom. The highest BCUT2D eigenvalue weighted by Gasteiger charge is 2.51. The summed E-state index contributed by atoms with van der Waals surface area (Å²) in [6.45, 7) is 0. The fourth-order valence-corrected chi connectivity index (χ4v) is 2.43. The predicted molar refractivity (Wildman–Crippen MR) is 62.9 cm³/mol. The van der Waals surface area contributed by atoms with E-state index in [1.165, 1.54) is 0 Å². The molecule has 0 radical (unpaired) electrons. The summed E-state index contributed by atoms with van der Waals surface area (Å²) >= 11 is 0. The van der Waals surface area contributed by atoms with Crippen LogP contribution in [0.2, 0.25) is 0 Å². The third-order valence-corrected chi connectivity index (χ3v) is 4.00. The largest absolute Gasteiger partial charge is 0.481 e. The van der Waals surface area contributed by atoms with Crippen molar-refractivity contribution in [2.75, 3.05) is 0 Å². The maximum Gasteiger partial charge on any atom is 0.314 e. The van der Waals surface area contributed by atoms with Crippen molar-refractivity contribution in [1.82, 2.24) is 0 Å². The van der Waals surface area contributed by atoms with Crippen molar-refractivity contribution in [3.63, 3.8) is 0 Å². The van der Waals surface area contributed by atoms with Gasteiger partial charge in [0.05, 0.1) is 11.0 Å². The second-order valence-corrected chi connectivity index (χ2v) is 5.49. The Morgan fingerprint density at radius 3 is 2.47 bits per heavy atom. The fourth-order valence-electron chi connectivity index (χ4n) is 2.43. The molecule has 0 atom stereocenters. The zero-order chi connectivity index (χ0) is 12.1. The van der Waals surface area contributed by atoms with Gasteiger partial charge in [-0.15, -0.1) is 0 Å². The van der Waals surface area contributed by atoms with E-state index in [4.69, 9.17) is 0 Å². The Labute approximate surface area is 100 Å². The van der Waals surface area contributed by atoms with Gasteiger partial charge in [-0.05, 0) is 36.8 Å². The van der Waals surface area contributed by atoms with E-state index in [9.17, 15) is 15.0 Å². The SMILES string of the molecule is O=C(O)C1(c2cccc(CC3(O)CC3)c2)CC1. The normalized spacial score (nSPS) is 23.1. The van der Waals surface area contributed by atoms with Gasteiger partial charge >= 0.3 is 5.97 Å². The molecule has 2 N–H and O–H groups in total. The minimum atomic E-state index is -0.722. The topological polar surface area (TPSA) is 57.5 Å². The molecule has 0 aliphatic heterocycles. The summed E-state index contributed by atoms with van der Waals surface area (Å²) in [4.78, 5) is 11.2. The second-order valence-electron chi connectivity index (χ2n) is 5.49. The van der Waals surface area contributed by atoms with Crippen LogP contribution in [0.15, 0.2) is 24.3 Å². The van der Waals surface area contributed by atoms with Crippen LogP contribution in [0.5, 0.6) is 0 Å². The molecule has 3 nitrogen and oxygen atoms in total. The molecule has 0 aromatic heterocycles. The number of hydrogen-bond donors (Lipinski definition) is 2. The number of carboxylic acid groups (broad SMARTS) is 1. The number of carbonyl (C=O) groups is 1. The monoisotopic (exact) mass is 232 g/mol. The van der Waals surface area contributed by atoms with Crippen LogP contribution in [0.3, 0.4) is 0 Å². The van der Waals surface area contributed by atoms with Crippen molar-refractivity contribution in [2.24, 2.45) is 0 Å². The average Bonchev–Trinajstić information content (AvgIpc) is 3.15. The van der Waals surface area contributed by atoms with Gasteiger partial charge in [0.25, 0.3) is 0 Å². The van der Waals surface area contributed by atoms with E-state index < -0.39 is 17.0 Å². The summed E-state index contributed by atoms with van der Waals surface area (Å²) < 4.78 is 0. The molecule has 3 rings (SSSR count). The molecule has 17 heavy (non-hydrogen) atoms. The van der Waals surface area contributed by atoms with Crippen LogP contribution in [0.25, 0.3) is 0 Å². The van der Waals surface area contributed by atoms with Crippen molar-refractivity contribution >= 4 is 5.97 Å². The lowest BCUT2D eigenvalue weighted by molar-refractivity contribution is -0.140. The standard InChI is InChI=1S/C14H16O3/c15-12(16)14(6-7-14)11-3-1-2-10(8-11)9-13(17)4-5-13/h1-3,8,17H,4-7,9H2,(H,15,16). The molecule has 2 fully saturated rings. The van der Waals surface area contributed by atoms with E-state index in [1.807, 2.05) is 24.3 Å². The molecule has 2 aliphatic carbocycles. The predicted octanol–water partition coefficient (Wildman–Crippen LogP) is 1.87. The van der Waals surface area contributed by atoms with E-state index in [-0.39, 0.29) is 0 Å². The highest BCUT2D eigenvalue weighted by molar-refractivity contribution is 5.84. The quantitative estimate of drug-likeness (QED) is 0.833. The molecule has 0 unspecified atom stereocenters. The van der Waals surface area contributed by atoms with Crippen LogP contribution in [0.1, 0.15) is 36.8 Å². The van der Waals surface area contributed by atoms with Crippen molar-refractivity contribution in [3.8, 4) is 0 Å². The Hall–Kier alpha value is -1.35. The Morgan fingerprint density at radius 1 is 1.24 bits per heavy atom. The van der Waals surface area contributed by atoms with Crippen LogP contribution in [-0.2, 0) is 16.6 Å². The molecule has 1 aromatic carbocycles. The molecule has 3 heteroatoms. The number of benzene rings is 1. The maximum absolute atomic E-state index is 11.2. The Balaban J connectivity index is 1.86. The van der Waals surface area contributed by atoms with Gasteiger partial charge in [0.2, 0.25) is 0 Å². The fraction of sp³-hybridized carbons (Fsp3) is 0.500. The first kappa shape index (κ1) is 10.8. The smallest absolute Gasteiger partial charge is 0.314 e. The van der Waals surface area contributed by atoms with E-state index >= 15 is 0 Å². The highest BCUT2D eigenvalue weighted by atomic mass is 16.4. The van der Waals surface area contributed by atoms with Gasteiger partial charge < -0.3 is 10.2 Å². The molecule has 0 amide bonds. The van der Waals surface area contributed by atoms with Gasteiger partial charge in [-0.3, -0.25) is 4.79 Å². The van der Waals surface area contributed by atoms with Gasteiger partial charge in [-0.2, -0.15) is 0 Å². The molecule has 2 saturated carbocycles. The number of carboxylic acids is 1. The molecule has 0 bridgehead atoms. The Kier molecular flexibility index (Phi) is 2.11. The summed E-state index contributed by atoms with van der Waals surface area (Å²) in [6, 6.07) is 7.72. The zero-order valence-electron chi connectivity index (χ0n) is 9.65. The highest BCUT2D eigenvalue weighted by Crippen LogP contribution is 2.49. The van der Waals surface area contributed by atoms with E-state index in [0.29, 0.717) is 6.42 Å². The van der Waals surface area contributed by atoms with Gasteiger partial charge in [-0.25, -0.2) is 0 Å². The van der Waals surface area contributed by atoms with Crippen molar-refractivity contribution < 1.29 is 15.0 Å². The molecule has 0 saturated heterocycles. The maximum atomic E-state index is 11.2. The van der Waals surface area contributed by atoms with Crippen LogP contribution < -0.4 is 0 Å². The third kappa shape index (κ3) is 1.84. The number of hydrogen-bond acceptors (Lipinski definition) is 2. The lowest BCUT2D eigenvalue weighted by Gasteiger charge is -2.13. The van der Waals surface area contributed by atoms with Gasteiger partial charge in [-0.1, -0.05) is 24.3 Å². The molecule has 90 valence electrons. The first-order valence-corrected chi connectivity index (χ1v) is 6.09. The lowest BCUT2D eigenvalue weighted by Crippen LogP contribution is -2.20.